The van der Waals surface area contributed by atoms with Crippen LogP contribution in [0.3, 0.4) is 0 Å². The molecule has 2 aromatic carbocycles. The third-order valence-corrected chi connectivity index (χ3v) is 5.12. The number of anilines is 1. The number of hydrogen-bond donors (Lipinski definition) is 2. The van der Waals surface area contributed by atoms with Gasteiger partial charge in [-0.3, -0.25) is 14.2 Å². The molecule has 0 aliphatic rings. The molecule has 10 heteroatoms. The van der Waals surface area contributed by atoms with E-state index >= 15 is 0 Å². The Labute approximate surface area is 181 Å². The number of aromatic nitrogens is 3. The van der Waals surface area contributed by atoms with Gasteiger partial charge in [0, 0.05) is 17.1 Å². The molecule has 2 aromatic heterocycles. The second-order valence-electron chi connectivity index (χ2n) is 6.68. The normalized spacial score (nSPS) is 11.0. The average molecular weight is 443 g/mol. The van der Waals surface area contributed by atoms with Crippen molar-refractivity contribution in [1.82, 2.24) is 14.5 Å². The molecule has 4 rings (SSSR count). The fourth-order valence-electron chi connectivity index (χ4n) is 3.33. The molecule has 0 radical (unpaired) electrons. The van der Waals surface area contributed by atoms with Crippen molar-refractivity contribution in [2.45, 2.75) is 6.54 Å². The minimum atomic E-state index is -0.399. The number of amides is 1. The van der Waals surface area contributed by atoms with Gasteiger partial charge in [0.25, 0.3) is 5.56 Å². The van der Waals surface area contributed by atoms with Crippen LogP contribution in [-0.4, -0.2) is 41.8 Å². The lowest BCUT2D eigenvalue weighted by molar-refractivity contribution is -0.116. The van der Waals surface area contributed by atoms with Crippen LogP contribution in [0.2, 0.25) is 5.02 Å². The number of methoxy groups -OCH3 is 3. The first kappa shape index (κ1) is 20.5. The van der Waals surface area contributed by atoms with E-state index in [9.17, 15) is 9.59 Å². The van der Waals surface area contributed by atoms with E-state index in [4.69, 9.17) is 25.8 Å². The molecule has 4 aromatic rings. The van der Waals surface area contributed by atoms with Crippen LogP contribution in [0.25, 0.3) is 21.9 Å². The predicted molar refractivity (Wildman–Crippen MR) is 118 cm³/mol. The zero-order valence-corrected chi connectivity index (χ0v) is 17.7. The minimum absolute atomic E-state index is 0.215. The maximum atomic E-state index is 12.9. The summed E-state index contributed by atoms with van der Waals surface area (Å²) in [5, 5.41) is 3.79. The summed E-state index contributed by atoms with van der Waals surface area (Å²) in [6.45, 7) is -0.215. The number of ether oxygens (including phenoxy) is 3. The molecule has 1 amide bonds. The molecule has 0 saturated carbocycles. The summed E-state index contributed by atoms with van der Waals surface area (Å²) in [5.74, 6) is 1.15. The number of hydrogen-bond acceptors (Lipinski definition) is 6. The number of nitrogens with zero attached hydrogens (tertiary/aromatic N) is 2. The predicted octanol–water partition coefficient (Wildman–Crippen LogP) is 3.20. The standard InChI is InChI=1S/C21H19ClN4O5/c1-29-15-5-4-11(6-13(15)22)24-18(27)9-26-10-23-19-12-7-16(30-2)17(31-3)8-14(12)25-20(19)21(26)28/h4-8,10,25H,9H2,1-3H3,(H,24,27). The number of carbonyl (C=O) groups is 1. The maximum Gasteiger partial charge on any atom is 0.278 e. The third-order valence-electron chi connectivity index (χ3n) is 4.83. The van der Waals surface area contributed by atoms with Gasteiger partial charge in [-0.1, -0.05) is 11.6 Å². The van der Waals surface area contributed by atoms with E-state index in [1.165, 1.54) is 32.2 Å². The van der Waals surface area contributed by atoms with Crippen LogP contribution >= 0.6 is 11.6 Å². The van der Waals surface area contributed by atoms with Crippen molar-refractivity contribution >= 4 is 45.1 Å². The highest BCUT2D eigenvalue weighted by Crippen LogP contribution is 2.34. The summed E-state index contributed by atoms with van der Waals surface area (Å²) >= 11 is 6.08. The van der Waals surface area contributed by atoms with Gasteiger partial charge in [0.1, 0.15) is 23.3 Å². The van der Waals surface area contributed by atoms with E-state index in [0.717, 1.165) is 0 Å². The molecule has 0 atom stereocenters. The van der Waals surface area contributed by atoms with Crippen LogP contribution in [0.4, 0.5) is 5.69 Å². The monoisotopic (exact) mass is 442 g/mol. The van der Waals surface area contributed by atoms with Crippen LogP contribution in [0.15, 0.2) is 41.5 Å². The Hall–Kier alpha value is -3.72. The molecular formula is C21H19ClN4O5. The van der Waals surface area contributed by atoms with Crippen LogP contribution in [0.1, 0.15) is 0 Å². The molecule has 0 unspecified atom stereocenters. The number of benzene rings is 2. The Morgan fingerprint density at radius 2 is 1.81 bits per heavy atom. The molecule has 31 heavy (non-hydrogen) atoms. The lowest BCUT2D eigenvalue weighted by atomic mass is 10.2. The second-order valence-corrected chi connectivity index (χ2v) is 7.08. The molecule has 0 aliphatic heterocycles. The van der Waals surface area contributed by atoms with E-state index in [1.807, 2.05) is 0 Å². The van der Waals surface area contributed by atoms with Gasteiger partial charge >= 0.3 is 0 Å². The summed E-state index contributed by atoms with van der Waals surface area (Å²) in [5.41, 5.74) is 1.56. The van der Waals surface area contributed by atoms with Crippen LogP contribution in [0.5, 0.6) is 17.2 Å². The minimum Gasteiger partial charge on any atom is -0.495 e. The van der Waals surface area contributed by atoms with Gasteiger partial charge < -0.3 is 24.5 Å². The van der Waals surface area contributed by atoms with Crippen LogP contribution in [0, 0.1) is 0 Å². The Balaban J connectivity index is 1.64. The van der Waals surface area contributed by atoms with Crippen molar-refractivity contribution in [3.63, 3.8) is 0 Å². The van der Waals surface area contributed by atoms with E-state index < -0.39 is 5.91 Å². The molecule has 0 aliphatic carbocycles. The van der Waals surface area contributed by atoms with Crippen molar-refractivity contribution in [1.29, 1.82) is 0 Å². The quantitative estimate of drug-likeness (QED) is 0.475. The molecule has 2 heterocycles. The number of nitrogens with one attached hydrogen (secondary N) is 2. The van der Waals surface area contributed by atoms with E-state index in [0.29, 0.717) is 44.4 Å². The van der Waals surface area contributed by atoms with Gasteiger partial charge in [-0.2, -0.15) is 0 Å². The lowest BCUT2D eigenvalue weighted by Gasteiger charge is -2.09. The highest BCUT2D eigenvalue weighted by Gasteiger charge is 2.16. The van der Waals surface area contributed by atoms with Gasteiger partial charge in [0.2, 0.25) is 5.91 Å². The number of rotatable bonds is 6. The largest absolute Gasteiger partial charge is 0.495 e. The number of H-pyrrole nitrogens is 1. The average Bonchev–Trinajstić information content (AvgIpc) is 3.13. The van der Waals surface area contributed by atoms with Gasteiger partial charge in [-0.05, 0) is 24.3 Å². The molecule has 0 saturated heterocycles. The van der Waals surface area contributed by atoms with Crippen LogP contribution in [-0.2, 0) is 11.3 Å². The molecule has 160 valence electrons. The molecule has 0 spiro atoms. The van der Waals surface area contributed by atoms with E-state index in [-0.39, 0.29) is 17.6 Å². The van der Waals surface area contributed by atoms with Gasteiger partial charge in [-0.25, -0.2) is 4.98 Å². The topological polar surface area (TPSA) is 107 Å². The lowest BCUT2D eigenvalue weighted by Crippen LogP contribution is -2.27. The Bertz CT molecular complexity index is 1360. The SMILES string of the molecule is COc1ccc(NC(=O)Cn2cnc3c([nH]c4cc(OC)c(OC)cc43)c2=O)cc1Cl. The first-order valence-electron chi connectivity index (χ1n) is 9.21. The van der Waals surface area contributed by atoms with Crippen molar-refractivity contribution < 1.29 is 19.0 Å². The number of aromatic amines is 1. The number of halogens is 1. The smallest absolute Gasteiger partial charge is 0.278 e. The Morgan fingerprint density at radius 3 is 2.48 bits per heavy atom. The highest BCUT2D eigenvalue weighted by atomic mass is 35.5. The number of fused-ring (bicyclic) bond motifs is 3. The molecule has 0 bridgehead atoms. The molecular weight excluding hydrogens is 424 g/mol. The summed E-state index contributed by atoms with van der Waals surface area (Å²) in [6, 6.07) is 8.36. The molecule has 9 nitrogen and oxygen atoms in total. The summed E-state index contributed by atoms with van der Waals surface area (Å²) in [6.07, 6.45) is 1.34. The maximum absolute atomic E-state index is 12.9. The number of carbonyl (C=O) groups excluding carboxylic acids is 1. The molecule has 0 fully saturated rings. The summed E-state index contributed by atoms with van der Waals surface area (Å²) in [4.78, 5) is 32.8. The van der Waals surface area contributed by atoms with Gasteiger partial charge in [0.05, 0.1) is 38.2 Å². The first-order chi connectivity index (χ1) is 14.9. The fourth-order valence-corrected chi connectivity index (χ4v) is 3.59. The third kappa shape index (κ3) is 3.75. The van der Waals surface area contributed by atoms with E-state index in [1.54, 1.807) is 30.3 Å². The van der Waals surface area contributed by atoms with Gasteiger partial charge in [-0.15, -0.1) is 0 Å². The fraction of sp³-hybridized carbons (Fsp3) is 0.190. The van der Waals surface area contributed by atoms with Gasteiger partial charge in [0.15, 0.2) is 11.5 Å². The van der Waals surface area contributed by atoms with Crippen LogP contribution < -0.4 is 25.1 Å². The zero-order chi connectivity index (χ0) is 22.1. The Morgan fingerprint density at radius 1 is 1.10 bits per heavy atom. The highest BCUT2D eigenvalue weighted by molar-refractivity contribution is 6.32. The van der Waals surface area contributed by atoms with E-state index in [2.05, 4.69) is 15.3 Å². The van der Waals surface area contributed by atoms with Crippen molar-refractivity contribution in [3.05, 3.63) is 52.0 Å². The summed E-state index contributed by atoms with van der Waals surface area (Å²) in [7, 11) is 4.57. The van der Waals surface area contributed by atoms with Crippen molar-refractivity contribution in [3.8, 4) is 17.2 Å². The first-order valence-corrected chi connectivity index (χ1v) is 9.59. The Kier molecular flexibility index (Phi) is 5.43. The molecule has 2 N–H and O–H groups in total. The second kappa shape index (κ2) is 8.19. The summed E-state index contributed by atoms with van der Waals surface area (Å²) < 4.78 is 17.0. The van der Waals surface area contributed by atoms with Crippen molar-refractivity contribution in [2.75, 3.05) is 26.6 Å². The zero-order valence-electron chi connectivity index (χ0n) is 17.0. The van der Waals surface area contributed by atoms with Crippen molar-refractivity contribution in [2.24, 2.45) is 0 Å².